The molecule has 0 aromatic heterocycles. The van der Waals surface area contributed by atoms with Gasteiger partial charge in [-0.25, -0.2) is 0 Å². The standard InChI is InChI=1S/C9H16N2O/c1-10-4-6-11(7-5-10)9(12)8-2-3-8/h8H,2-7H2,1H3/p+1. The smallest absolute Gasteiger partial charge is 0.226 e. The van der Waals surface area contributed by atoms with E-state index < -0.39 is 0 Å². The van der Waals surface area contributed by atoms with E-state index in [2.05, 4.69) is 7.05 Å². The van der Waals surface area contributed by atoms with E-state index >= 15 is 0 Å². The van der Waals surface area contributed by atoms with Crippen LogP contribution in [0.15, 0.2) is 0 Å². The van der Waals surface area contributed by atoms with Crippen LogP contribution in [0.2, 0.25) is 0 Å². The van der Waals surface area contributed by atoms with Crippen molar-refractivity contribution in [3.05, 3.63) is 0 Å². The van der Waals surface area contributed by atoms with Crippen molar-refractivity contribution in [3.8, 4) is 0 Å². The Kier molecular flexibility index (Phi) is 2.05. The highest BCUT2D eigenvalue weighted by atomic mass is 16.2. The second-order valence-corrected chi connectivity index (χ2v) is 4.06. The first-order valence-electron chi connectivity index (χ1n) is 4.87. The molecule has 1 N–H and O–H groups in total. The molecule has 0 radical (unpaired) electrons. The van der Waals surface area contributed by atoms with Crippen LogP contribution in [0.3, 0.4) is 0 Å². The van der Waals surface area contributed by atoms with Gasteiger partial charge in [0.15, 0.2) is 0 Å². The van der Waals surface area contributed by atoms with Crippen LogP contribution in [0.4, 0.5) is 0 Å². The molecule has 1 heterocycles. The monoisotopic (exact) mass is 169 g/mol. The van der Waals surface area contributed by atoms with Crippen molar-refractivity contribution in [3.63, 3.8) is 0 Å². The van der Waals surface area contributed by atoms with E-state index in [-0.39, 0.29) is 0 Å². The first-order valence-corrected chi connectivity index (χ1v) is 4.87. The molecule has 0 bridgehead atoms. The maximum Gasteiger partial charge on any atom is 0.226 e. The first-order chi connectivity index (χ1) is 5.77. The molecule has 1 aliphatic carbocycles. The van der Waals surface area contributed by atoms with Gasteiger partial charge in [0.1, 0.15) is 0 Å². The van der Waals surface area contributed by atoms with Gasteiger partial charge >= 0.3 is 0 Å². The van der Waals surface area contributed by atoms with Crippen molar-refractivity contribution < 1.29 is 9.69 Å². The van der Waals surface area contributed by atoms with Gasteiger partial charge in [0.2, 0.25) is 5.91 Å². The topological polar surface area (TPSA) is 24.8 Å². The number of carbonyl (C=O) groups is 1. The van der Waals surface area contributed by atoms with E-state index in [9.17, 15) is 4.79 Å². The minimum Gasteiger partial charge on any atom is -0.334 e. The largest absolute Gasteiger partial charge is 0.334 e. The SMILES string of the molecule is C[NH+]1CCN(C(=O)C2CC2)CC1. The number of hydrogen-bond donors (Lipinski definition) is 1. The predicted molar refractivity (Wildman–Crippen MR) is 45.9 cm³/mol. The maximum atomic E-state index is 11.6. The van der Waals surface area contributed by atoms with Gasteiger partial charge < -0.3 is 9.80 Å². The normalized spacial score (nSPS) is 25.9. The van der Waals surface area contributed by atoms with Crippen molar-refractivity contribution in [2.75, 3.05) is 33.2 Å². The second-order valence-electron chi connectivity index (χ2n) is 4.06. The van der Waals surface area contributed by atoms with E-state index in [1.165, 1.54) is 0 Å². The van der Waals surface area contributed by atoms with Crippen LogP contribution < -0.4 is 4.90 Å². The highest BCUT2D eigenvalue weighted by Crippen LogP contribution is 2.30. The van der Waals surface area contributed by atoms with E-state index in [0.29, 0.717) is 11.8 Å². The summed E-state index contributed by atoms with van der Waals surface area (Å²) in [4.78, 5) is 15.2. The average Bonchev–Trinajstić information content (AvgIpc) is 2.87. The summed E-state index contributed by atoms with van der Waals surface area (Å²) in [6.45, 7) is 4.19. The van der Waals surface area contributed by atoms with Crippen LogP contribution in [0.5, 0.6) is 0 Å². The Hall–Kier alpha value is -0.570. The number of nitrogens with one attached hydrogen (secondary N) is 1. The lowest BCUT2D eigenvalue weighted by atomic mass is 10.3. The lowest BCUT2D eigenvalue weighted by Crippen LogP contribution is -3.12. The number of amides is 1. The Bertz CT molecular complexity index is 181. The molecule has 3 nitrogen and oxygen atoms in total. The van der Waals surface area contributed by atoms with Crippen LogP contribution in [0.1, 0.15) is 12.8 Å². The zero-order valence-electron chi connectivity index (χ0n) is 7.68. The lowest BCUT2D eigenvalue weighted by molar-refractivity contribution is -0.883. The van der Waals surface area contributed by atoms with Gasteiger partial charge in [-0.15, -0.1) is 0 Å². The molecule has 3 heteroatoms. The van der Waals surface area contributed by atoms with Crippen molar-refractivity contribution >= 4 is 5.91 Å². The Balaban J connectivity index is 1.84. The minimum absolute atomic E-state index is 0.406. The number of nitrogens with zero attached hydrogens (tertiary/aromatic N) is 1. The zero-order valence-corrected chi connectivity index (χ0v) is 7.68. The third kappa shape index (κ3) is 1.61. The van der Waals surface area contributed by atoms with E-state index in [1.807, 2.05) is 4.90 Å². The predicted octanol–water partition coefficient (Wildman–Crippen LogP) is -1.25. The van der Waals surface area contributed by atoms with Crippen LogP contribution in [-0.2, 0) is 4.79 Å². The van der Waals surface area contributed by atoms with Crippen LogP contribution in [-0.4, -0.2) is 44.0 Å². The van der Waals surface area contributed by atoms with Crippen molar-refractivity contribution in [1.29, 1.82) is 0 Å². The summed E-state index contributed by atoms with van der Waals surface area (Å²) in [6.07, 6.45) is 2.27. The van der Waals surface area contributed by atoms with Crippen LogP contribution in [0.25, 0.3) is 0 Å². The van der Waals surface area contributed by atoms with E-state index in [4.69, 9.17) is 0 Å². The fraction of sp³-hybridized carbons (Fsp3) is 0.889. The molecule has 68 valence electrons. The molecule has 1 aliphatic heterocycles. The quantitative estimate of drug-likeness (QED) is 0.521. The Labute approximate surface area is 73.3 Å². The second kappa shape index (κ2) is 3.05. The summed E-state index contributed by atoms with van der Waals surface area (Å²) in [5.74, 6) is 0.825. The molecule has 2 fully saturated rings. The number of rotatable bonds is 1. The molecular weight excluding hydrogens is 152 g/mol. The van der Waals surface area contributed by atoms with Gasteiger partial charge in [-0.1, -0.05) is 0 Å². The summed E-state index contributed by atoms with van der Waals surface area (Å²) in [5, 5.41) is 0. The molecule has 1 saturated carbocycles. The lowest BCUT2D eigenvalue weighted by Gasteiger charge is -2.30. The summed E-state index contributed by atoms with van der Waals surface area (Å²) < 4.78 is 0. The average molecular weight is 169 g/mol. The molecule has 12 heavy (non-hydrogen) atoms. The number of likely N-dealkylation sites (N-methyl/N-ethyl adjacent to an activating group) is 1. The molecular formula is C9H17N2O+. The minimum atomic E-state index is 0.406. The third-order valence-electron chi connectivity index (χ3n) is 2.86. The van der Waals surface area contributed by atoms with E-state index in [1.54, 1.807) is 4.90 Å². The van der Waals surface area contributed by atoms with Crippen LogP contribution in [0, 0.1) is 5.92 Å². The molecule has 2 aliphatic rings. The molecule has 0 aromatic rings. The zero-order chi connectivity index (χ0) is 8.55. The van der Waals surface area contributed by atoms with Crippen molar-refractivity contribution in [2.45, 2.75) is 12.8 Å². The molecule has 1 amide bonds. The summed E-state index contributed by atoms with van der Waals surface area (Å²) in [5.41, 5.74) is 0. The van der Waals surface area contributed by atoms with Gasteiger partial charge in [-0.2, -0.15) is 0 Å². The summed E-state index contributed by atoms with van der Waals surface area (Å²) >= 11 is 0. The van der Waals surface area contributed by atoms with Crippen LogP contribution >= 0.6 is 0 Å². The first kappa shape index (κ1) is 8.05. The molecule has 0 atom stereocenters. The van der Waals surface area contributed by atoms with Gasteiger partial charge in [0, 0.05) is 5.92 Å². The molecule has 0 aromatic carbocycles. The molecule has 1 saturated heterocycles. The number of hydrogen-bond acceptors (Lipinski definition) is 1. The summed E-state index contributed by atoms with van der Waals surface area (Å²) in [7, 11) is 2.19. The molecule has 0 unspecified atom stereocenters. The highest BCUT2D eigenvalue weighted by molar-refractivity contribution is 5.81. The number of carbonyl (C=O) groups excluding carboxylic acids is 1. The van der Waals surface area contributed by atoms with Gasteiger partial charge in [-0.05, 0) is 12.8 Å². The van der Waals surface area contributed by atoms with Crippen molar-refractivity contribution in [1.82, 2.24) is 4.90 Å². The van der Waals surface area contributed by atoms with Gasteiger partial charge in [-0.3, -0.25) is 4.79 Å². The van der Waals surface area contributed by atoms with Gasteiger partial charge in [0.25, 0.3) is 0 Å². The Morgan fingerprint density at radius 2 is 1.92 bits per heavy atom. The Morgan fingerprint density at radius 1 is 1.33 bits per heavy atom. The Morgan fingerprint density at radius 3 is 2.42 bits per heavy atom. The summed E-state index contributed by atoms with van der Waals surface area (Å²) in [6, 6.07) is 0. The molecule has 0 spiro atoms. The maximum absolute atomic E-state index is 11.6. The van der Waals surface area contributed by atoms with E-state index in [0.717, 1.165) is 39.0 Å². The number of piperazine rings is 1. The molecule has 2 rings (SSSR count). The third-order valence-corrected chi connectivity index (χ3v) is 2.86. The highest BCUT2D eigenvalue weighted by Gasteiger charge is 2.34. The number of quaternary nitrogens is 1. The van der Waals surface area contributed by atoms with Crippen molar-refractivity contribution in [2.24, 2.45) is 5.92 Å². The fourth-order valence-electron chi connectivity index (χ4n) is 1.70. The fourth-order valence-corrected chi connectivity index (χ4v) is 1.70. The van der Waals surface area contributed by atoms with Gasteiger partial charge in [0.05, 0.1) is 33.2 Å².